The van der Waals surface area contributed by atoms with Crippen molar-refractivity contribution in [1.29, 1.82) is 0 Å². The summed E-state index contributed by atoms with van der Waals surface area (Å²) in [5.41, 5.74) is 25.7. The Morgan fingerprint density at radius 1 is 0.400 bits per heavy atom. The van der Waals surface area contributed by atoms with Gasteiger partial charge in [-0.05, 0) is 251 Å². The number of carboxylic acids is 5. The third-order valence-electron chi connectivity index (χ3n) is 24.1. The van der Waals surface area contributed by atoms with Gasteiger partial charge >= 0.3 is 29.8 Å². The largest absolute Gasteiger partial charge is 0.480 e. The molecule has 7 rings (SSSR count). The summed E-state index contributed by atoms with van der Waals surface area (Å²) in [4.78, 5) is 67.1. The van der Waals surface area contributed by atoms with E-state index in [-0.39, 0.29) is 64.2 Å². The summed E-state index contributed by atoms with van der Waals surface area (Å²) in [6.45, 7) is 18.3. The fraction of sp³-hybridized carbons (Fsp3) is 0.929. The predicted octanol–water partition coefficient (Wildman–Crippen LogP) is 5.26. The molecule has 7 fully saturated rings. The Hall–Kier alpha value is -2.93. The van der Waals surface area contributed by atoms with E-state index in [1.165, 1.54) is 32.1 Å². The van der Waals surface area contributed by atoms with Crippen molar-refractivity contribution in [3.05, 3.63) is 0 Å². The minimum absolute atomic E-state index is 0.00259. The highest BCUT2D eigenvalue weighted by Gasteiger charge is 2.52. The van der Waals surface area contributed by atoms with Crippen molar-refractivity contribution >= 4 is 64.4 Å². The molecular weight excluding hydrogens is 1270 g/mol. The van der Waals surface area contributed by atoms with Crippen LogP contribution in [0, 0.1) is 59.2 Å². The summed E-state index contributed by atoms with van der Waals surface area (Å²) in [5, 5.41) is 97.7. The van der Waals surface area contributed by atoms with Gasteiger partial charge in [-0.15, -0.1) is 0 Å². The molecule has 5 saturated carbocycles. The molecule has 5 aliphatic carbocycles. The minimum atomic E-state index is -1.12. The van der Waals surface area contributed by atoms with Crippen LogP contribution in [-0.2, 0) is 24.0 Å². The number of piperidine rings is 1. The monoisotopic (exact) mass is 1420 g/mol. The van der Waals surface area contributed by atoms with Gasteiger partial charge in [0.15, 0.2) is 0 Å². The Morgan fingerprint density at radius 2 is 0.640 bits per heavy atom. The number of nitrogens with zero attached hydrogens (tertiary/aromatic N) is 4. The molecule has 15 atom stereocenters. The summed E-state index contributed by atoms with van der Waals surface area (Å²) in [5.74, 6) is -2.68. The van der Waals surface area contributed by atoms with Gasteiger partial charge in [0.25, 0.3) is 34.6 Å². The first-order valence-corrected chi connectivity index (χ1v) is 38.7. The average molecular weight is 1420 g/mol. The number of likely N-dealkylation sites (tertiary alicyclic amines) is 2. The Labute approximate surface area is 603 Å². The van der Waals surface area contributed by atoms with Crippen LogP contribution >= 0.6 is 0 Å². The van der Waals surface area contributed by atoms with Gasteiger partial charge in [0.2, 0.25) is 0 Å². The van der Waals surface area contributed by atoms with Crippen LogP contribution in [0.25, 0.3) is 0 Å². The highest BCUT2D eigenvalue weighted by Crippen LogP contribution is 2.44. The number of carboxylic acid groups (broad SMARTS) is 5. The number of hydrogen-bond acceptors (Lipinski definition) is 20. The lowest BCUT2D eigenvalue weighted by Crippen LogP contribution is -2.60. The maximum absolute atomic E-state index is 11.8. The summed E-state index contributed by atoms with van der Waals surface area (Å²) >= 11 is 0. The maximum Gasteiger partial charge on any atom is 0.324 e. The van der Waals surface area contributed by atoms with Gasteiger partial charge in [-0.25, -0.2) is 0 Å². The highest BCUT2D eigenvalue weighted by molar-refractivity contribution is 6.49. The van der Waals surface area contributed by atoms with E-state index in [4.69, 9.17) is 28.7 Å². The summed E-state index contributed by atoms with van der Waals surface area (Å²) in [7, 11) is 7.72. The second kappa shape index (κ2) is 44.3. The van der Waals surface area contributed by atoms with Crippen molar-refractivity contribution in [1.82, 2.24) is 24.9 Å². The van der Waals surface area contributed by atoms with Gasteiger partial charge < -0.3 is 104 Å². The Balaban J connectivity index is 0.000000326. The van der Waals surface area contributed by atoms with Gasteiger partial charge in [0.1, 0.15) is 27.7 Å². The molecule has 21 N–H and O–H groups in total. The number of nitrogens with two attached hydrogens (primary N) is 5. The first-order chi connectivity index (χ1) is 46.8. The van der Waals surface area contributed by atoms with Crippen molar-refractivity contribution in [3.8, 4) is 0 Å². The minimum Gasteiger partial charge on any atom is -0.480 e. The van der Waals surface area contributed by atoms with Gasteiger partial charge in [0.05, 0.1) is 0 Å². The van der Waals surface area contributed by atoms with Crippen LogP contribution in [0.5, 0.6) is 0 Å². The summed E-state index contributed by atoms with van der Waals surface area (Å²) < 4.78 is 0. The van der Waals surface area contributed by atoms with Crippen molar-refractivity contribution in [3.63, 3.8) is 0 Å². The second-order valence-corrected chi connectivity index (χ2v) is 33.1. The molecule has 0 aromatic rings. The molecule has 2 saturated heterocycles. The fourth-order valence-corrected chi connectivity index (χ4v) is 17.4. The maximum atomic E-state index is 11.8. The predicted molar refractivity (Wildman–Crippen MR) is 405 cm³/mol. The third kappa shape index (κ3) is 29.8. The smallest absolute Gasteiger partial charge is 0.324 e. The lowest BCUT2D eigenvalue weighted by atomic mass is 9.62. The molecule has 2 heterocycles. The standard InChI is InChI=1S/C16H31BN2O3.C15H29BN2O3.C14H29BN2O3.C13H27BN2O3.C12H25BN2O3/c1-17(22)8-7-13-5-6-14(16(18,11-13)15(20)21)12-19-9-3-2-4-10-19;1-16(21)7-6-12-4-5-13(11-18-8-2-3-9-18)15(17,10-12)14(19)20;1-4-17(3)10-12-6-5-11(7-8-15(2)20)9-14(12,16)13(18)19;1-14(19)7-6-10-4-5-11(9-16(2)3)13(15,8-10)12(17)18;1-13(18)6-5-9-3-4-10(8-15-2)12(14,7-9)11(16)17/h13-14,22H,2-12,18H2,1H3,(H,20,21);12-13,21H,2-11,17H2,1H3,(H,19,20);11-12,20H,4-10,16H2,1-3H3,(H,18,19);10-11,19H,4-9,15H2,1-3H3,(H,17,18);9-10,15,18H,3-8,14H2,1-2H3,(H,16,17). The van der Waals surface area contributed by atoms with E-state index in [2.05, 4.69) is 26.9 Å². The Morgan fingerprint density at radius 3 is 0.890 bits per heavy atom. The van der Waals surface area contributed by atoms with Crippen LogP contribution in [0.15, 0.2) is 0 Å². The summed E-state index contributed by atoms with van der Waals surface area (Å²) in [6.07, 6.45) is 26.2. The quantitative estimate of drug-likeness (QED) is 0.0394. The first-order valence-electron chi connectivity index (χ1n) is 38.7. The zero-order chi connectivity index (χ0) is 75.3. The third-order valence-corrected chi connectivity index (χ3v) is 24.1. The number of hydrogen-bond donors (Lipinski definition) is 16. The van der Waals surface area contributed by atoms with E-state index in [1.807, 2.05) is 33.1 Å². The molecular formula is C70H141B5N10O15. The first kappa shape index (κ1) is 91.3. The van der Waals surface area contributed by atoms with E-state index >= 15 is 0 Å². The van der Waals surface area contributed by atoms with Crippen LogP contribution in [-0.4, -0.2) is 256 Å². The number of nitrogens with one attached hydrogen (secondary N) is 1. The Kier molecular flexibility index (Phi) is 40.4. The van der Waals surface area contributed by atoms with Gasteiger partial charge in [-0.2, -0.15) is 0 Å². The van der Waals surface area contributed by atoms with Crippen LogP contribution in [0.2, 0.25) is 65.7 Å². The number of rotatable bonds is 31. The highest BCUT2D eigenvalue weighted by atomic mass is 16.4. The van der Waals surface area contributed by atoms with Crippen LogP contribution < -0.4 is 34.0 Å². The number of carbonyl (C=O) groups is 5. The van der Waals surface area contributed by atoms with E-state index in [0.717, 1.165) is 180 Å². The Bertz CT molecular complexity index is 2400. The van der Waals surface area contributed by atoms with Gasteiger partial charge in [-0.3, -0.25) is 24.0 Å². The van der Waals surface area contributed by atoms with Crippen LogP contribution in [0.1, 0.15) is 167 Å². The molecule has 0 radical (unpaired) electrons. The molecule has 0 bridgehead atoms. The topological polar surface area (TPSA) is 443 Å². The number of aliphatic carboxylic acids is 5. The van der Waals surface area contributed by atoms with E-state index in [9.17, 15) is 74.6 Å². The normalized spacial score (nSPS) is 32.4. The van der Waals surface area contributed by atoms with Crippen LogP contribution in [0.3, 0.4) is 0 Å². The summed E-state index contributed by atoms with van der Waals surface area (Å²) in [6, 6.07) is 0. The zero-order valence-electron chi connectivity index (χ0n) is 63.6. The molecule has 2 aliphatic heterocycles. The average Bonchev–Trinajstić information content (AvgIpc) is 0.949. The lowest BCUT2D eigenvalue weighted by Gasteiger charge is -2.44. The molecule has 0 aromatic heterocycles. The zero-order valence-corrected chi connectivity index (χ0v) is 63.6. The molecule has 100 heavy (non-hydrogen) atoms. The van der Waals surface area contributed by atoms with E-state index in [0.29, 0.717) is 74.8 Å². The molecule has 15 unspecified atom stereocenters. The van der Waals surface area contributed by atoms with Gasteiger partial charge in [-0.1, -0.05) is 79.6 Å². The van der Waals surface area contributed by atoms with Gasteiger partial charge in [0, 0.05) is 55.8 Å². The molecule has 576 valence electrons. The van der Waals surface area contributed by atoms with Crippen molar-refractivity contribution in [2.75, 3.05) is 93.6 Å². The van der Waals surface area contributed by atoms with E-state index < -0.39 is 57.5 Å². The van der Waals surface area contributed by atoms with Crippen molar-refractivity contribution < 1.29 is 74.6 Å². The second-order valence-electron chi connectivity index (χ2n) is 33.1. The molecule has 0 aromatic carbocycles. The molecule has 0 spiro atoms. The molecule has 25 nitrogen and oxygen atoms in total. The van der Waals surface area contributed by atoms with Crippen molar-refractivity contribution in [2.45, 2.75) is 261 Å². The van der Waals surface area contributed by atoms with E-state index in [1.54, 1.807) is 34.1 Å². The van der Waals surface area contributed by atoms with Crippen molar-refractivity contribution in [2.24, 2.45) is 87.8 Å². The van der Waals surface area contributed by atoms with Crippen LogP contribution in [0.4, 0.5) is 0 Å². The lowest BCUT2D eigenvalue weighted by molar-refractivity contribution is -0.149. The molecule has 30 heteroatoms. The SMILES string of the molecule is CB(O)CCC1CCC(CN(C)C)C(N)(C(=O)O)C1.CB(O)CCC1CCC(CN2CCCC2)C(N)(C(=O)O)C1.CB(O)CCC1CCC(CN2CCCCC2)C(N)(C(=O)O)C1.CCN(C)CC1CCC(CCB(C)O)CC1(N)C(=O)O.CNCC1CCC(CCB(C)O)CC1(N)C(=O)O. The molecule has 7 aliphatic rings. The fourth-order valence-electron chi connectivity index (χ4n) is 17.4. The molecule has 0 amide bonds.